The number of amides is 1. The van der Waals surface area contributed by atoms with Gasteiger partial charge in [-0.3, -0.25) is 14.4 Å². The van der Waals surface area contributed by atoms with Crippen LogP contribution in [-0.2, 0) is 9.53 Å². The molecule has 1 aromatic heterocycles. The molecule has 1 amide bonds. The molecular formula is C12H16N2O4. The van der Waals surface area contributed by atoms with Gasteiger partial charge in [-0.1, -0.05) is 0 Å². The van der Waals surface area contributed by atoms with Crippen LogP contribution in [0.5, 0.6) is 0 Å². The number of hydrogen-bond acceptors (Lipinski definition) is 4. The van der Waals surface area contributed by atoms with Crippen LogP contribution in [0.1, 0.15) is 23.7 Å². The molecule has 0 bridgehead atoms. The highest BCUT2D eigenvalue weighted by molar-refractivity contribution is 5.93. The highest BCUT2D eigenvalue weighted by Crippen LogP contribution is 1.99. The van der Waals surface area contributed by atoms with Crippen LogP contribution in [0, 0.1) is 0 Å². The monoisotopic (exact) mass is 252 g/mol. The Hall–Kier alpha value is -2.11. The molecule has 18 heavy (non-hydrogen) atoms. The van der Waals surface area contributed by atoms with Crippen molar-refractivity contribution in [2.24, 2.45) is 0 Å². The number of nitrogens with one attached hydrogen (secondary N) is 1. The van der Waals surface area contributed by atoms with Gasteiger partial charge in [0.15, 0.2) is 0 Å². The van der Waals surface area contributed by atoms with E-state index in [1.807, 2.05) is 0 Å². The van der Waals surface area contributed by atoms with Crippen LogP contribution in [-0.4, -0.2) is 42.0 Å². The van der Waals surface area contributed by atoms with Crippen molar-refractivity contribution in [3.63, 3.8) is 0 Å². The van der Waals surface area contributed by atoms with Crippen molar-refractivity contribution in [2.45, 2.75) is 13.3 Å². The van der Waals surface area contributed by atoms with E-state index in [0.29, 0.717) is 6.61 Å². The average molecular weight is 252 g/mol. The number of ether oxygens (including phenoxy) is 1. The second-order valence-corrected chi connectivity index (χ2v) is 3.69. The zero-order valence-electron chi connectivity index (χ0n) is 10.4. The molecule has 0 fully saturated rings. The molecule has 98 valence electrons. The van der Waals surface area contributed by atoms with Gasteiger partial charge in [0, 0.05) is 19.8 Å². The molecule has 0 spiro atoms. The van der Waals surface area contributed by atoms with E-state index >= 15 is 0 Å². The molecule has 0 unspecified atom stereocenters. The van der Waals surface area contributed by atoms with Gasteiger partial charge in [-0.25, -0.2) is 0 Å². The fourth-order valence-corrected chi connectivity index (χ4v) is 1.39. The van der Waals surface area contributed by atoms with E-state index in [2.05, 4.69) is 4.98 Å². The van der Waals surface area contributed by atoms with Crippen LogP contribution in [0.25, 0.3) is 0 Å². The maximum absolute atomic E-state index is 11.9. The summed E-state index contributed by atoms with van der Waals surface area (Å²) >= 11 is 0. The highest BCUT2D eigenvalue weighted by Gasteiger charge is 2.15. The lowest BCUT2D eigenvalue weighted by Gasteiger charge is -2.15. The Balaban J connectivity index is 2.60. The molecule has 0 radical (unpaired) electrons. The van der Waals surface area contributed by atoms with Gasteiger partial charge in [-0.05, 0) is 19.1 Å². The molecule has 1 aromatic rings. The summed E-state index contributed by atoms with van der Waals surface area (Å²) < 4.78 is 4.76. The lowest BCUT2D eigenvalue weighted by molar-refractivity contribution is -0.143. The van der Waals surface area contributed by atoms with E-state index in [1.54, 1.807) is 13.0 Å². The SMILES string of the molecule is CCOC(=O)CCN(C)C(=O)c1ccc[nH]c1=O. The number of aromatic amines is 1. The Morgan fingerprint density at radius 2 is 2.17 bits per heavy atom. The number of esters is 1. The Bertz CT molecular complexity index is 481. The summed E-state index contributed by atoms with van der Waals surface area (Å²) in [5, 5.41) is 0. The third-order valence-electron chi connectivity index (χ3n) is 2.35. The Morgan fingerprint density at radius 3 is 2.78 bits per heavy atom. The summed E-state index contributed by atoms with van der Waals surface area (Å²) in [6, 6.07) is 3.02. The van der Waals surface area contributed by atoms with Crippen molar-refractivity contribution in [2.75, 3.05) is 20.2 Å². The van der Waals surface area contributed by atoms with Crippen molar-refractivity contribution in [1.29, 1.82) is 0 Å². The van der Waals surface area contributed by atoms with Crippen LogP contribution < -0.4 is 5.56 Å². The van der Waals surface area contributed by atoms with Crippen LogP contribution in [0.15, 0.2) is 23.1 Å². The third-order valence-corrected chi connectivity index (χ3v) is 2.35. The predicted octanol–water partition coefficient (Wildman–Crippen LogP) is 0.400. The average Bonchev–Trinajstić information content (AvgIpc) is 2.36. The molecule has 6 nitrogen and oxygen atoms in total. The summed E-state index contributed by atoms with van der Waals surface area (Å²) in [5.41, 5.74) is -0.380. The zero-order chi connectivity index (χ0) is 13.5. The molecule has 0 atom stereocenters. The van der Waals surface area contributed by atoms with Crippen molar-refractivity contribution in [1.82, 2.24) is 9.88 Å². The summed E-state index contributed by atoms with van der Waals surface area (Å²) in [7, 11) is 1.54. The molecular weight excluding hydrogens is 236 g/mol. The first-order chi connectivity index (χ1) is 8.56. The molecule has 0 aliphatic heterocycles. The maximum Gasteiger partial charge on any atom is 0.307 e. The van der Waals surface area contributed by atoms with Gasteiger partial charge >= 0.3 is 5.97 Å². The first-order valence-electron chi connectivity index (χ1n) is 5.65. The second-order valence-electron chi connectivity index (χ2n) is 3.69. The first-order valence-corrected chi connectivity index (χ1v) is 5.65. The number of nitrogens with zero attached hydrogens (tertiary/aromatic N) is 1. The zero-order valence-corrected chi connectivity index (χ0v) is 10.4. The van der Waals surface area contributed by atoms with E-state index in [1.165, 1.54) is 24.2 Å². The molecule has 1 N–H and O–H groups in total. The van der Waals surface area contributed by atoms with Gasteiger partial charge in [0.2, 0.25) is 0 Å². The third kappa shape index (κ3) is 3.73. The van der Waals surface area contributed by atoms with E-state index in [9.17, 15) is 14.4 Å². The smallest absolute Gasteiger partial charge is 0.307 e. The van der Waals surface area contributed by atoms with E-state index in [4.69, 9.17) is 4.74 Å². The lowest BCUT2D eigenvalue weighted by Crippen LogP contribution is -2.33. The maximum atomic E-state index is 11.9. The standard InChI is InChI=1S/C12H16N2O4/c1-3-18-10(15)6-8-14(2)12(17)9-5-4-7-13-11(9)16/h4-5,7H,3,6,8H2,1-2H3,(H,13,16). The molecule has 1 rings (SSSR count). The van der Waals surface area contributed by atoms with E-state index in [0.717, 1.165) is 0 Å². The van der Waals surface area contributed by atoms with Crippen LogP contribution in [0.4, 0.5) is 0 Å². The Kier molecular flexibility index (Phi) is 5.10. The number of H-pyrrole nitrogens is 1. The molecule has 1 heterocycles. The minimum atomic E-state index is -0.439. The van der Waals surface area contributed by atoms with Crippen LogP contribution in [0.2, 0.25) is 0 Å². The number of carbonyl (C=O) groups is 2. The summed E-state index contributed by atoms with van der Waals surface area (Å²) in [4.78, 5) is 38.2. The number of carbonyl (C=O) groups excluding carboxylic acids is 2. The topological polar surface area (TPSA) is 79.5 Å². The number of hydrogen-bond donors (Lipinski definition) is 1. The van der Waals surface area contributed by atoms with Gasteiger partial charge in [0.05, 0.1) is 13.0 Å². The molecule has 0 aliphatic carbocycles. The van der Waals surface area contributed by atoms with Gasteiger partial charge < -0.3 is 14.6 Å². The molecule has 0 aromatic carbocycles. The summed E-state index contributed by atoms with van der Waals surface area (Å²) in [5.74, 6) is -0.778. The van der Waals surface area contributed by atoms with Gasteiger partial charge in [0.1, 0.15) is 5.56 Å². The number of rotatable bonds is 5. The quantitative estimate of drug-likeness (QED) is 0.769. The Labute approximate surface area is 105 Å². The van der Waals surface area contributed by atoms with Crippen LogP contribution in [0.3, 0.4) is 0 Å². The van der Waals surface area contributed by atoms with Gasteiger partial charge in [-0.2, -0.15) is 0 Å². The lowest BCUT2D eigenvalue weighted by atomic mass is 10.2. The van der Waals surface area contributed by atoms with Crippen LogP contribution >= 0.6 is 0 Å². The fourth-order valence-electron chi connectivity index (χ4n) is 1.39. The van der Waals surface area contributed by atoms with Crippen molar-refractivity contribution < 1.29 is 14.3 Å². The summed E-state index contributed by atoms with van der Waals surface area (Å²) in [6.45, 7) is 2.25. The highest BCUT2D eigenvalue weighted by atomic mass is 16.5. The van der Waals surface area contributed by atoms with E-state index in [-0.39, 0.29) is 24.5 Å². The minimum Gasteiger partial charge on any atom is -0.466 e. The predicted molar refractivity (Wildman–Crippen MR) is 65.3 cm³/mol. The molecule has 0 aliphatic rings. The van der Waals surface area contributed by atoms with Crippen molar-refractivity contribution in [3.8, 4) is 0 Å². The first kappa shape index (κ1) is 14.0. The van der Waals surface area contributed by atoms with Gasteiger partial charge in [0.25, 0.3) is 11.5 Å². The van der Waals surface area contributed by atoms with Crippen molar-refractivity contribution >= 4 is 11.9 Å². The normalized spacial score (nSPS) is 9.89. The second kappa shape index (κ2) is 6.58. The molecule has 0 saturated carbocycles. The molecule has 0 saturated heterocycles. The van der Waals surface area contributed by atoms with E-state index < -0.39 is 11.5 Å². The van der Waals surface area contributed by atoms with Crippen molar-refractivity contribution in [3.05, 3.63) is 34.2 Å². The number of pyridine rings is 1. The van der Waals surface area contributed by atoms with Gasteiger partial charge in [-0.15, -0.1) is 0 Å². The fraction of sp³-hybridized carbons (Fsp3) is 0.417. The molecule has 6 heteroatoms. The summed E-state index contributed by atoms with van der Waals surface area (Å²) in [6.07, 6.45) is 1.57. The Morgan fingerprint density at radius 1 is 1.44 bits per heavy atom. The largest absolute Gasteiger partial charge is 0.466 e. The minimum absolute atomic E-state index is 0.0591. The number of aromatic nitrogens is 1.